The largest absolute Gasteiger partial charge is 0.326 e. The molecule has 0 radical (unpaired) electrons. The molecule has 0 atom stereocenters. The number of carbonyl (C=O) groups is 1. The number of nitrogens with one attached hydrogen (secondary N) is 1. The van der Waals surface area contributed by atoms with E-state index < -0.39 is 15.8 Å². The molecule has 5 nitrogen and oxygen atoms in total. The molecular formula is C10H11FN2O3S. The van der Waals surface area contributed by atoms with Crippen LogP contribution in [0.4, 0.5) is 10.1 Å². The number of anilines is 1. The van der Waals surface area contributed by atoms with Crippen LogP contribution in [0.3, 0.4) is 0 Å². The number of carbonyl (C=O) groups excluding carboxylic acids is 1. The minimum Gasteiger partial charge on any atom is -0.326 e. The first kappa shape index (κ1) is 12.0. The Kier molecular flexibility index (Phi) is 2.88. The van der Waals surface area contributed by atoms with Crippen molar-refractivity contribution >= 4 is 21.6 Å². The van der Waals surface area contributed by atoms with Crippen molar-refractivity contribution in [3.63, 3.8) is 0 Å². The molecule has 1 aromatic rings. The second kappa shape index (κ2) is 4.08. The third kappa shape index (κ3) is 3.01. The summed E-state index contributed by atoms with van der Waals surface area (Å²) in [6.45, 7) is 0. The fraction of sp³-hybridized carbons (Fsp3) is 0.300. The monoisotopic (exact) mass is 258 g/mol. The van der Waals surface area contributed by atoms with Crippen LogP contribution in [0.25, 0.3) is 0 Å². The van der Waals surface area contributed by atoms with Crippen LogP contribution < -0.4 is 10.5 Å². The minimum absolute atomic E-state index is 0.0452. The van der Waals surface area contributed by atoms with Crippen LogP contribution in [0.5, 0.6) is 0 Å². The Bertz CT molecular complexity index is 567. The van der Waals surface area contributed by atoms with Crippen LogP contribution in [-0.4, -0.2) is 14.3 Å². The lowest BCUT2D eigenvalue weighted by molar-refractivity contribution is -0.117. The molecule has 7 heteroatoms. The van der Waals surface area contributed by atoms with Gasteiger partial charge in [-0.05, 0) is 31.0 Å². The standard InChI is InChI=1S/C10H11FN2O3S/c11-7-3-8(13-10(14)6-1-2-6)5-9(4-7)17(12,15)16/h3-6H,1-2H2,(H,13,14)(H2,12,15,16). The molecule has 1 aliphatic rings. The van der Waals surface area contributed by atoms with Gasteiger partial charge in [0.1, 0.15) is 5.82 Å². The Morgan fingerprint density at radius 2 is 2.00 bits per heavy atom. The van der Waals surface area contributed by atoms with Gasteiger partial charge >= 0.3 is 0 Å². The minimum atomic E-state index is -3.98. The van der Waals surface area contributed by atoms with Crippen molar-refractivity contribution in [3.05, 3.63) is 24.0 Å². The lowest BCUT2D eigenvalue weighted by Gasteiger charge is -2.06. The lowest BCUT2D eigenvalue weighted by atomic mass is 10.3. The third-order valence-electron chi connectivity index (χ3n) is 2.42. The Morgan fingerprint density at radius 1 is 1.35 bits per heavy atom. The molecule has 0 spiro atoms. The highest BCUT2D eigenvalue weighted by Gasteiger charge is 2.29. The number of primary sulfonamides is 1. The van der Waals surface area contributed by atoms with Crippen LogP contribution in [0, 0.1) is 11.7 Å². The van der Waals surface area contributed by atoms with Crippen LogP contribution in [0.2, 0.25) is 0 Å². The first-order chi connectivity index (χ1) is 7.86. The molecule has 1 aliphatic carbocycles. The van der Waals surface area contributed by atoms with E-state index in [0.717, 1.165) is 31.0 Å². The van der Waals surface area contributed by atoms with Crippen molar-refractivity contribution in [1.82, 2.24) is 0 Å². The molecule has 2 rings (SSSR count). The van der Waals surface area contributed by atoms with Gasteiger partial charge < -0.3 is 5.32 Å². The number of benzene rings is 1. The van der Waals surface area contributed by atoms with Gasteiger partial charge in [-0.1, -0.05) is 0 Å². The zero-order valence-electron chi connectivity index (χ0n) is 8.81. The molecule has 0 bridgehead atoms. The summed E-state index contributed by atoms with van der Waals surface area (Å²) in [6.07, 6.45) is 1.62. The molecule has 1 fully saturated rings. The molecule has 0 aliphatic heterocycles. The van der Waals surface area contributed by atoms with E-state index in [9.17, 15) is 17.6 Å². The molecule has 92 valence electrons. The highest BCUT2D eigenvalue weighted by molar-refractivity contribution is 7.89. The van der Waals surface area contributed by atoms with Crippen molar-refractivity contribution in [3.8, 4) is 0 Å². The van der Waals surface area contributed by atoms with E-state index in [1.54, 1.807) is 0 Å². The van der Waals surface area contributed by atoms with E-state index in [0.29, 0.717) is 0 Å². The summed E-state index contributed by atoms with van der Waals surface area (Å²) in [4.78, 5) is 11.1. The van der Waals surface area contributed by atoms with Crippen molar-refractivity contribution in [2.24, 2.45) is 11.1 Å². The summed E-state index contributed by atoms with van der Waals surface area (Å²) in [5.74, 6) is -1.03. The number of hydrogen-bond acceptors (Lipinski definition) is 3. The van der Waals surface area contributed by atoms with Gasteiger partial charge in [-0.25, -0.2) is 17.9 Å². The summed E-state index contributed by atoms with van der Waals surface area (Å²) in [7, 11) is -3.98. The molecule has 0 heterocycles. The van der Waals surface area contributed by atoms with Crippen LogP contribution in [0.15, 0.2) is 23.1 Å². The number of rotatable bonds is 3. The van der Waals surface area contributed by atoms with E-state index in [4.69, 9.17) is 5.14 Å². The van der Waals surface area contributed by atoms with E-state index in [1.165, 1.54) is 0 Å². The predicted molar refractivity (Wildman–Crippen MR) is 59.1 cm³/mol. The lowest BCUT2D eigenvalue weighted by Crippen LogP contribution is -2.16. The number of hydrogen-bond donors (Lipinski definition) is 2. The second-order valence-corrected chi connectivity index (χ2v) is 5.55. The quantitative estimate of drug-likeness (QED) is 0.841. The molecule has 17 heavy (non-hydrogen) atoms. The van der Waals surface area contributed by atoms with E-state index in [1.807, 2.05) is 0 Å². The second-order valence-electron chi connectivity index (χ2n) is 3.98. The number of halogens is 1. The van der Waals surface area contributed by atoms with E-state index in [-0.39, 0.29) is 22.4 Å². The highest BCUT2D eigenvalue weighted by atomic mass is 32.2. The Hall–Kier alpha value is -1.47. The van der Waals surface area contributed by atoms with Gasteiger partial charge in [-0.15, -0.1) is 0 Å². The summed E-state index contributed by atoms with van der Waals surface area (Å²) in [6, 6.07) is 3.00. The number of nitrogens with two attached hydrogens (primary N) is 1. The smallest absolute Gasteiger partial charge is 0.238 e. The van der Waals surface area contributed by atoms with Crippen molar-refractivity contribution < 1.29 is 17.6 Å². The highest BCUT2D eigenvalue weighted by Crippen LogP contribution is 2.30. The third-order valence-corrected chi connectivity index (χ3v) is 3.31. The van der Waals surface area contributed by atoms with E-state index in [2.05, 4.69) is 5.32 Å². The summed E-state index contributed by atoms with van der Waals surface area (Å²) < 4.78 is 35.3. The summed E-state index contributed by atoms with van der Waals surface area (Å²) >= 11 is 0. The Balaban J connectivity index is 2.28. The van der Waals surface area contributed by atoms with Gasteiger partial charge in [0.25, 0.3) is 0 Å². The summed E-state index contributed by atoms with van der Waals surface area (Å²) in [5.41, 5.74) is 0.103. The maximum atomic E-state index is 13.2. The predicted octanol–water partition coefficient (Wildman–Crippen LogP) is 0.822. The normalized spacial score (nSPS) is 15.6. The molecule has 1 aromatic carbocycles. The maximum absolute atomic E-state index is 13.2. The van der Waals surface area contributed by atoms with Crippen LogP contribution >= 0.6 is 0 Å². The zero-order valence-corrected chi connectivity index (χ0v) is 9.63. The first-order valence-electron chi connectivity index (χ1n) is 5.00. The van der Waals surface area contributed by atoms with Crippen molar-refractivity contribution in [2.45, 2.75) is 17.7 Å². The van der Waals surface area contributed by atoms with Gasteiger partial charge in [-0.2, -0.15) is 0 Å². The molecule has 1 amide bonds. The fourth-order valence-corrected chi connectivity index (χ4v) is 1.96. The molecule has 0 saturated heterocycles. The molecule has 1 saturated carbocycles. The Morgan fingerprint density at radius 3 is 2.53 bits per heavy atom. The van der Waals surface area contributed by atoms with Gasteiger partial charge in [-0.3, -0.25) is 4.79 Å². The maximum Gasteiger partial charge on any atom is 0.238 e. The van der Waals surface area contributed by atoms with Gasteiger partial charge in [0.15, 0.2) is 0 Å². The molecule has 0 unspecified atom stereocenters. The average Bonchev–Trinajstić information content (AvgIpc) is 2.97. The van der Waals surface area contributed by atoms with Crippen molar-refractivity contribution in [2.75, 3.05) is 5.32 Å². The first-order valence-corrected chi connectivity index (χ1v) is 6.55. The van der Waals surface area contributed by atoms with Crippen molar-refractivity contribution in [1.29, 1.82) is 0 Å². The SMILES string of the molecule is NS(=O)(=O)c1cc(F)cc(NC(=O)C2CC2)c1. The Labute approximate surface area is 97.9 Å². The molecular weight excluding hydrogens is 247 g/mol. The number of sulfonamides is 1. The van der Waals surface area contributed by atoms with E-state index >= 15 is 0 Å². The average molecular weight is 258 g/mol. The number of amides is 1. The topological polar surface area (TPSA) is 89.3 Å². The van der Waals surface area contributed by atoms with Crippen LogP contribution in [-0.2, 0) is 14.8 Å². The zero-order chi connectivity index (χ0) is 12.6. The van der Waals surface area contributed by atoms with Gasteiger partial charge in [0.05, 0.1) is 4.90 Å². The van der Waals surface area contributed by atoms with Crippen LogP contribution in [0.1, 0.15) is 12.8 Å². The molecule has 3 N–H and O–H groups in total. The fourth-order valence-electron chi connectivity index (χ4n) is 1.39. The molecule has 0 aromatic heterocycles. The van der Waals surface area contributed by atoms with Gasteiger partial charge in [0, 0.05) is 11.6 Å². The summed E-state index contributed by atoms with van der Waals surface area (Å²) in [5, 5.41) is 7.35. The van der Waals surface area contributed by atoms with Gasteiger partial charge in [0.2, 0.25) is 15.9 Å².